The Labute approximate surface area is 176 Å². The van der Waals surface area contributed by atoms with Crippen LogP contribution in [0.3, 0.4) is 0 Å². The Morgan fingerprint density at radius 3 is 2.70 bits per heavy atom. The minimum atomic E-state index is -0.291. The van der Waals surface area contributed by atoms with Gasteiger partial charge in [0.25, 0.3) is 11.5 Å². The molecule has 154 valence electrons. The van der Waals surface area contributed by atoms with Gasteiger partial charge in [-0.15, -0.1) is 11.3 Å². The van der Waals surface area contributed by atoms with Crippen molar-refractivity contribution in [1.29, 1.82) is 0 Å². The van der Waals surface area contributed by atoms with E-state index in [1.165, 1.54) is 16.2 Å². The molecule has 8 heteroatoms. The number of pyridine rings is 2. The van der Waals surface area contributed by atoms with Gasteiger partial charge in [0, 0.05) is 38.4 Å². The van der Waals surface area contributed by atoms with E-state index in [1.54, 1.807) is 31.1 Å². The Bertz CT molecular complexity index is 1280. The first kappa shape index (κ1) is 20.1. The first-order valence-electron chi connectivity index (χ1n) is 9.45. The number of carbonyl (C=O) groups excluding carboxylic acids is 1. The summed E-state index contributed by atoms with van der Waals surface area (Å²) >= 11 is 1.25. The molecule has 0 radical (unpaired) electrons. The van der Waals surface area contributed by atoms with Gasteiger partial charge in [-0.2, -0.15) is 0 Å². The van der Waals surface area contributed by atoms with E-state index in [0.29, 0.717) is 10.3 Å². The number of hydrogen-bond acceptors (Lipinski definition) is 6. The second-order valence-electron chi connectivity index (χ2n) is 6.94. The lowest BCUT2D eigenvalue weighted by atomic mass is 10.1. The number of fused-ring (bicyclic) bond motifs is 3. The number of aromatic nitrogens is 2. The molecule has 3 heterocycles. The van der Waals surface area contributed by atoms with Crippen LogP contribution in [0.1, 0.15) is 15.2 Å². The Kier molecular flexibility index (Phi) is 5.52. The molecular formula is C22H21N3O4S. The van der Waals surface area contributed by atoms with Crippen LogP contribution in [-0.4, -0.2) is 45.7 Å². The summed E-state index contributed by atoms with van der Waals surface area (Å²) in [6, 6.07) is 11.2. The first-order chi connectivity index (χ1) is 14.5. The van der Waals surface area contributed by atoms with Gasteiger partial charge in [-0.25, -0.2) is 0 Å². The second-order valence-corrected chi connectivity index (χ2v) is 7.96. The summed E-state index contributed by atoms with van der Waals surface area (Å²) in [6.07, 6.45) is 3.33. The Hall–Kier alpha value is -3.23. The fourth-order valence-corrected chi connectivity index (χ4v) is 4.64. The molecule has 3 aromatic heterocycles. The van der Waals surface area contributed by atoms with E-state index in [0.717, 1.165) is 21.2 Å². The van der Waals surface area contributed by atoms with Gasteiger partial charge in [0.1, 0.15) is 16.9 Å². The van der Waals surface area contributed by atoms with Gasteiger partial charge in [0.05, 0.1) is 16.8 Å². The number of nitrogens with zero attached hydrogens (tertiary/aromatic N) is 3. The predicted octanol–water partition coefficient (Wildman–Crippen LogP) is 2.79. The number of benzene rings is 1. The fourth-order valence-electron chi connectivity index (χ4n) is 3.37. The molecule has 0 atom stereocenters. The highest BCUT2D eigenvalue weighted by molar-refractivity contribution is 7.22. The number of rotatable bonds is 6. The molecule has 0 spiro atoms. The van der Waals surface area contributed by atoms with Gasteiger partial charge in [0.15, 0.2) is 5.75 Å². The van der Waals surface area contributed by atoms with Gasteiger partial charge in [-0.05, 0) is 23.8 Å². The van der Waals surface area contributed by atoms with Crippen molar-refractivity contribution < 1.29 is 14.6 Å². The smallest absolute Gasteiger partial charge is 0.267 e. The van der Waals surface area contributed by atoms with Crippen molar-refractivity contribution in [2.75, 3.05) is 20.2 Å². The maximum atomic E-state index is 13.2. The van der Waals surface area contributed by atoms with Crippen LogP contribution in [0.25, 0.3) is 21.0 Å². The van der Waals surface area contributed by atoms with Gasteiger partial charge in [-0.1, -0.05) is 18.2 Å². The zero-order valence-electron chi connectivity index (χ0n) is 16.7. The van der Waals surface area contributed by atoms with E-state index in [2.05, 4.69) is 4.98 Å². The van der Waals surface area contributed by atoms with Crippen molar-refractivity contribution in [1.82, 2.24) is 14.5 Å². The Morgan fingerprint density at radius 2 is 1.97 bits per heavy atom. The molecule has 0 fully saturated rings. The number of aryl methyl sites for hydroxylation is 1. The lowest BCUT2D eigenvalue weighted by Gasteiger charge is -2.16. The van der Waals surface area contributed by atoms with Crippen molar-refractivity contribution in [3.63, 3.8) is 0 Å². The maximum Gasteiger partial charge on any atom is 0.267 e. The summed E-state index contributed by atoms with van der Waals surface area (Å²) in [7, 11) is 3.33. The summed E-state index contributed by atoms with van der Waals surface area (Å²) in [5.41, 5.74) is 1.46. The topological polar surface area (TPSA) is 84.7 Å². The molecule has 0 saturated heterocycles. The molecule has 4 rings (SSSR count). The van der Waals surface area contributed by atoms with Gasteiger partial charge < -0.3 is 19.3 Å². The van der Waals surface area contributed by atoms with Crippen LogP contribution in [0, 0.1) is 0 Å². The van der Waals surface area contributed by atoms with Crippen LogP contribution in [-0.2, 0) is 13.7 Å². The molecule has 0 bridgehead atoms. The highest BCUT2D eigenvalue weighted by atomic mass is 32.1. The third-order valence-electron chi connectivity index (χ3n) is 5.00. The van der Waals surface area contributed by atoms with Crippen LogP contribution in [0.4, 0.5) is 0 Å². The van der Waals surface area contributed by atoms with Crippen molar-refractivity contribution in [3.8, 4) is 5.75 Å². The van der Waals surface area contributed by atoms with E-state index in [4.69, 9.17) is 4.74 Å². The number of para-hydroxylation sites is 1. The molecule has 0 saturated carbocycles. The average molecular weight is 423 g/mol. The number of thiophene rings is 1. The molecule has 1 N–H and O–H groups in total. The van der Waals surface area contributed by atoms with Crippen LogP contribution in [0.5, 0.6) is 5.75 Å². The van der Waals surface area contributed by atoms with Crippen molar-refractivity contribution in [2.45, 2.75) is 6.61 Å². The largest absolute Gasteiger partial charge is 0.486 e. The van der Waals surface area contributed by atoms with Gasteiger partial charge in [0.2, 0.25) is 0 Å². The minimum absolute atomic E-state index is 0.148. The van der Waals surface area contributed by atoms with Gasteiger partial charge >= 0.3 is 0 Å². The lowest BCUT2D eigenvalue weighted by molar-refractivity contribution is 0.0767. The standard InChI is InChI=1S/C22H21N3O4S/c1-24(11-12-26)22(28)20-18(29-13-14-7-9-23-10-8-14)17-19(30-20)15-5-3-4-6-16(15)25(2)21(17)27/h3-10,26H,11-13H2,1-2H3. The molecule has 0 aliphatic heterocycles. The summed E-state index contributed by atoms with van der Waals surface area (Å²) < 4.78 is 8.37. The summed E-state index contributed by atoms with van der Waals surface area (Å²) in [6.45, 7) is 0.245. The Morgan fingerprint density at radius 1 is 1.23 bits per heavy atom. The summed E-state index contributed by atoms with van der Waals surface area (Å²) in [5, 5.41) is 10.5. The highest BCUT2D eigenvalue weighted by Crippen LogP contribution is 2.40. The van der Waals surface area contributed by atoms with Gasteiger partial charge in [-0.3, -0.25) is 14.6 Å². The van der Waals surface area contributed by atoms with Crippen molar-refractivity contribution in [2.24, 2.45) is 7.05 Å². The molecule has 30 heavy (non-hydrogen) atoms. The number of aliphatic hydroxyl groups excluding tert-OH is 1. The van der Waals surface area contributed by atoms with Crippen molar-refractivity contribution >= 4 is 38.2 Å². The molecule has 7 nitrogen and oxygen atoms in total. The molecule has 1 aromatic carbocycles. The van der Waals surface area contributed by atoms with Crippen LogP contribution in [0.2, 0.25) is 0 Å². The fraction of sp³-hybridized carbons (Fsp3) is 0.227. The van der Waals surface area contributed by atoms with E-state index in [1.807, 2.05) is 36.4 Å². The number of hydrogen-bond donors (Lipinski definition) is 1. The third-order valence-corrected chi connectivity index (χ3v) is 6.19. The van der Waals surface area contributed by atoms with Crippen molar-refractivity contribution in [3.05, 3.63) is 69.6 Å². The number of aliphatic hydroxyl groups is 1. The molecule has 0 aliphatic carbocycles. The third kappa shape index (κ3) is 3.44. The predicted molar refractivity (Wildman–Crippen MR) is 117 cm³/mol. The molecule has 1 amide bonds. The Balaban J connectivity index is 1.94. The van der Waals surface area contributed by atoms with E-state index in [-0.39, 0.29) is 37.0 Å². The highest BCUT2D eigenvalue weighted by Gasteiger charge is 2.26. The SMILES string of the molecule is CN(CCO)C(=O)c1sc2c(c1OCc1ccncc1)c(=O)n(C)c1ccccc21. The van der Waals surface area contributed by atoms with Crippen LogP contribution in [0.15, 0.2) is 53.6 Å². The van der Waals surface area contributed by atoms with E-state index < -0.39 is 0 Å². The number of likely N-dealkylation sites (N-methyl/N-ethyl adjacent to an activating group) is 1. The first-order valence-corrected chi connectivity index (χ1v) is 10.3. The zero-order valence-corrected chi connectivity index (χ0v) is 17.5. The molecular weight excluding hydrogens is 402 g/mol. The molecule has 0 unspecified atom stereocenters. The summed E-state index contributed by atoms with van der Waals surface area (Å²) in [4.78, 5) is 32.1. The number of carbonyl (C=O) groups is 1. The van der Waals surface area contributed by atoms with E-state index in [9.17, 15) is 14.7 Å². The van der Waals surface area contributed by atoms with Crippen LogP contribution < -0.4 is 10.3 Å². The molecule has 4 aromatic rings. The number of amides is 1. The maximum absolute atomic E-state index is 13.2. The average Bonchev–Trinajstić information content (AvgIpc) is 3.16. The second kappa shape index (κ2) is 8.25. The number of ether oxygens (including phenoxy) is 1. The summed E-state index contributed by atoms with van der Waals surface area (Å²) in [5.74, 6) is -0.00549. The monoisotopic (exact) mass is 423 g/mol. The lowest BCUT2D eigenvalue weighted by Crippen LogP contribution is -2.29. The molecule has 0 aliphatic rings. The quantitative estimate of drug-likeness (QED) is 0.516. The normalized spacial score (nSPS) is 11.2. The zero-order chi connectivity index (χ0) is 21.3. The van der Waals surface area contributed by atoms with E-state index >= 15 is 0 Å². The van der Waals surface area contributed by atoms with Crippen LogP contribution >= 0.6 is 11.3 Å². The minimum Gasteiger partial charge on any atom is -0.486 e.